The minimum absolute atomic E-state index is 0. The van der Waals surface area contributed by atoms with E-state index in [9.17, 15) is 4.79 Å². The van der Waals surface area contributed by atoms with Crippen LogP contribution in [-0.2, 0) is 6.54 Å². The fraction of sp³-hybridized carbons (Fsp3) is 0.444. The maximum atomic E-state index is 13.1. The van der Waals surface area contributed by atoms with E-state index in [0.29, 0.717) is 12.3 Å². The van der Waals surface area contributed by atoms with E-state index in [2.05, 4.69) is 10.3 Å². The Morgan fingerprint density at radius 2 is 2.20 bits per heavy atom. The molecule has 0 bridgehead atoms. The third kappa shape index (κ3) is 5.23. The van der Waals surface area contributed by atoms with Gasteiger partial charge in [-0.05, 0) is 62.9 Å². The molecule has 1 N–H and O–H groups in total. The van der Waals surface area contributed by atoms with Gasteiger partial charge in [-0.3, -0.25) is 9.78 Å². The third-order valence-electron chi connectivity index (χ3n) is 4.30. The Kier molecular flexibility index (Phi) is 7.81. The zero-order chi connectivity index (χ0) is 16.8. The number of hydrogen-bond acceptors (Lipinski definition) is 5. The molecule has 1 aliphatic rings. The third-order valence-corrected chi connectivity index (χ3v) is 4.92. The second-order valence-corrected chi connectivity index (χ2v) is 6.72. The molecular weight excluding hydrogens is 358 g/mol. The number of amides is 1. The SMILES string of the molecule is CSc1ccc(C(=O)N(Cc2ccccn2)C2CCCNCC2)o1.Cl. The molecule has 0 radical (unpaired) electrons. The molecule has 1 saturated heterocycles. The lowest BCUT2D eigenvalue weighted by Crippen LogP contribution is -2.40. The fourth-order valence-corrected chi connectivity index (χ4v) is 3.41. The fourth-order valence-electron chi connectivity index (χ4n) is 3.03. The van der Waals surface area contributed by atoms with Crippen LogP contribution in [0.4, 0.5) is 0 Å². The van der Waals surface area contributed by atoms with E-state index in [1.165, 1.54) is 11.8 Å². The summed E-state index contributed by atoms with van der Waals surface area (Å²) in [6.07, 6.45) is 6.74. The Hall–Kier alpha value is -1.50. The predicted molar refractivity (Wildman–Crippen MR) is 102 cm³/mol. The van der Waals surface area contributed by atoms with Crippen LogP contribution in [-0.4, -0.2) is 41.2 Å². The van der Waals surface area contributed by atoms with Gasteiger partial charge in [0.2, 0.25) is 0 Å². The number of nitrogens with one attached hydrogen (secondary N) is 1. The van der Waals surface area contributed by atoms with E-state index in [0.717, 1.165) is 43.1 Å². The molecule has 2 aromatic rings. The van der Waals surface area contributed by atoms with Gasteiger partial charge >= 0.3 is 0 Å². The highest BCUT2D eigenvalue weighted by Gasteiger charge is 2.28. The molecule has 0 aliphatic carbocycles. The normalized spacial score (nSPS) is 17.4. The molecule has 1 atom stereocenters. The van der Waals surface area contributed by atoms with E-state index >= 15 is 0 Å². The second kappa shape index (κ2) is 9.85. The predicted octanol–water partition coefficient (Wildman–Crippen LogP) is 3.60. The van der Waals surface area contributed by atoms with Crippen molar-refractivity contribution in [1.29, 1.82) is 0 Å². The highest BCUT2D eigenvalue weighted by atomic mass is 35.5. The maximum absolute atomic E-state index is 13.1. The minimum atomic E-state index is -0.0483. The van der Waals surface area contributed by atoms with Gasteiger partial charge in [-0.15, -0.1) is 12.4 Å². The molecule has 5 nitrogen and oxygen atoms in total. The van der Waals surface area contributed by atoms with Crippen LogP contribution in [0.2, 0.25) is 0 Å². The van der Waals surface area contributed by atoms with E-state index in [1.807, 2.05) is 35.4 Å². The highest BCUT2D eigenvalue weighted by Crippen LogP contribution is 2.23. The number of carbonyl (C=O) groups is 1. The van der Waals surface area contributed by atoms with Gasteiger partial charge in [0.15, 0.2) is 10.9 Å². The maximum Gasteiger partial charge on any atom is 0.290 e. The number of aromatic nitrogens is 1. The first-order valence-corrected chi connectivity index (χ1v) is 9.56. The van der Waals surface area contributed by atoms with Crippen molar-refractivity contribution in [3.05, 3.63) is 48.0 Å². The van der Waals surface area contributed by atoms with Crippen molar-refractivity contribution in [3.63, 3.8) is 0 Å². The number of thioether (sulfide) groups is 1. The van der Waals surface area contributed by atoms with Crippen LogP contribution < -0.4 is 5.32 Å². The Balaban J connectivity index is 0.00000225. The van der Waals surface area contributed by atoms with Crippen molar-refractivity contribution in [1.82, 2.24) is 15.2 Å². The quantitative estimate of drug-likeness (QED) is 0.802. The molecule has 0 aromatic carbocycles. The molecule has 25 heavy (non-hydrogen) atoms. The van der Waals surface area contributed by atoms with E-state index < -0.39 is 0 Å². The highest BCUT2D eigenvalue weighted by molar-refractivity contribution is 7.98. The number of halogens is 1. The lowest BCUT2D eigenvalue weighted by Gasteiger charge is -2.30. The van der Waals surface area contributed by atoms with E-state index in [1.54, 1.807) is 12.3 Å². The summed E-state index contributed by atoms with van der Waals surface area (Å²) in [6, 6.07) is 9.64. The zero-order valence-electron chi connectivity index (χ0n) is 14.3. The van der Waals surface area contributed by atoms with Crippen LogP contribution in [0.3, 0.4) is 0 Å². The van der Waals surface area contributed by atoms with Gasteiger partial charge in [0.1, 0.15) is 0 Å². The molecule has 1 aliphatic heterocycles. The Labute approximate surface area is 159 Å². The molecule has 1 unspecified atom stereocenters. The largest absolute Gasteiger partial charge is 0.445 e. The average Bonchev–Trinajstić information content (AvgIpc) is 2.95. The summed E-state index contributed by atoms with van der Waals surface area (Å²) in [4.78, 5) is 19.4. The molecule has 7 heteroatoms. The van der Waals surface area contributed by atoms with Gasteiger partial charge in [0.05, 0.1) is 12.2 Å². The smallest absolute Gasteiger partial charge is 0.290 e. The van der Waals surface area contributed by atoms with Crippen molar-refractivity contribution in [2.24, 2.45) is 0 Å². The van der Waals surface area contributed by atoms with Gasteiger partial charge in [-0.25, -0.2) is 0 Å². The molecule has 1 amide bonds. The van der Waals surface area contributed by atoms with Crippen LogP contribution in [0.1, 0.15) is 35.5 Å². The van der Waals surface area contributed by atoms with Crippen LogP contribution in [0.15, 0.2) is 46.0 Å². The van der Waals surface area contributed by atoms with E-state index in [-0.39, 0.29) is 24.4 Å². The lowest BCUT2D eigenvalue weighted by molar-refractivity contribution is 0.0604. The summed E-state index contributed by atoms with van der Waals surface area (Å²) in [5.41, 5.74) is 0.903. The molecule has 0 spiro atoms. The van der Waals surface area contributed by atoms with Crippen molar-refractivity contribution >= 4 is 30.1 Å². The standard InChI is InChI=1S/C18H23N3O2S.ClH/c1-24-17-8-7-16(23-17)18(22)21(13-14-5-2-3-11-20-14)15-6-4-10-19-12-9-15;/h2-3,5,7-8,11,15,19H,4,6,9-10,12-13H2,1H3;1H. The van der Waals surface area contributed by atoms with Gasteiger partial charge in [-0.2, -0.15) is 0 Å². The van der Waals surface area contributed by atoms with Crippen molar-refractivity contribution < 1.29 is 9.21 Å². The van der Waals surface area contributed by atoms with Crippen molar-refractivity contribution in [2.45, 2.75) is 36.9 Å². The molecule has 3 rings (SSSR count). The first-order valence-electron chi connectivity index (χ1n) is 8.33. The number of rotatable bonds is 5. The molecule has 0 saturated carbocycles. The zero-order valence-corrected chi connectivity index (χ0v) is 15.9. The average molecular weight is 382 g/mol. The van der Waals surface area contributed by atoms with Crippen LogP contribution >= 0.6 is 24.2 Å². The number of hydrogen-bond donors (Lipinski definition) is 1. The minimum Gasteiger partial charge on any atom is -0.445 e. The van der Waals surface area contributed by atoms with Gasteiger partial charge in [0.25, 0.3) is 5.91 Å². The van der Waals surface area contributed by atoms with Crippen LogP contribution in [0.25, 0.3) is 0 Å². The summed E-state index contributed by atoms with van der Waals surface area (Å²) in [7, 11) is 0. The van der Waals surface area contributed by atoms with Crippen molar-refractivity contribution in [3.8, 4) is 0 Å². The Morgan fingerprint density at radius 3 is 2.92 bits per heavy atom. The monoisotopic (exact) mass is 381 g/mol. The number of pyridine rings is 1. The van der Waals surface area contributed by atoms with Gasteiger partial charge < -0.3 is 14.6 Å². The summed E-state index contributed by atoms with van der Waals surface area (Å²) in [5.74, 6) is 0.361. The molecule has 136 valence electrons. The van der Waals surface area contributed by atoms with Gasteiger partial charge in [-0.1, -0.05) is 17.8 Å². The van der Waals surface area contributed by atoms with E-state index in [4.69, 9.17) is 4.42 Å². The van der Waals surface area contributed by atoms with Crippen LogP contribution in [0, 0.1) is 0 Å². The Bertz CT molecular complexity index is 657. The summed E-state index contributed by atoms with van der Waals surface area (Å²) >= 11 is 1.50. The number of furan rings is 1. The Morgan fingerprint density at radius 1 is 1.32 bits per heavy atom. The second-order valence-electron chi connectivity index (χ2n) is 5.91. The summed E-state index contributed by atoms with van der Waals surface area (Å²) < 4.78 is 5.67. The molecule has 2 aromatic heterocycles. The summed E-state index contributed by atoms with van der Waals surface area (Å²) in [5, 5.41) is 4.17. The first-order chi connectivity index (χ1) is 11.8. The van der Waals surface area contributed by atoms with Crippen molar-refractivity contribution in [2.75, 3.05) is 19.3 Å². The molecule has 1 fully saturated rings. The summed E-state index contributed by atoms with van der Waals surface area (Å²) in [6.45, 7) is 2.46. The molecular formula is C18H24ClN3O2S. The number of carbonyl (C=O) groups excluding carboxylic acids is 1. The van der Waals surface area contributed by atoms with Crippen LogP contribution in [0.5, 0.6) is 0 Å². The molecule has 3 heterocycles. The number of nitrogens with zero attached hydrogens (tertiary/aromatic N) is 2. The lowest BCUT2D eigenvalue weighted by atomic mass is 10.1. The first kappa shape index (κ1) is 19.8. The van der Waals surface area contributed by atoms with Gasteiger partial charge in [0, 0.05) is 12.2 Å². The topological polar surface area (TPSA) is 58.4 Å².